The highest BCUT2D eigenvalue weighted by atomic mass is 16.5. The number of hydrogen-bond acceptors (Lipinski definition) is 5. The van der Waals surface area contributed by atoms with Gasteiger partial charge in [0.25, 0.3) is 5.91 Å². The van der Waals surface area contributed by atoms with Crippen molar-refractivity contribution in [3.8, 4) is 5.75 Å². The second-order valence-electron chi connectivity index (χ2n) is 10.8. The number of aliphatic hydroxyl groups excluding tert-OH is 1. The lowest BCUT2D eigenvalue weighted by Gasteiger charge is -2.38. The molecule has 34 heavy (non-hydrogen) atoms. The van der Waals surface area contributed by atoms with Crippen LogP contribution in [0, 0.1) is 17.8 Å². The maximum atomic E-state index is 13.6. The molecule has 2 amide bonds. The Labute approximate surface area is 203 Å². The Hall–Kier alpha value is -2.12. The summed E-state index contributed by atoms with van der Waals surface area (Å²) < 4.78 is 6.47. The average molecular weight is 472 g/mol. The second kappa shape index (κ2) is 11.1. The number of likely N-dealkylation sites (N-methyl/N-ethyl adjacent to an activating group) is 1. The zero-order chi connectivity index (χ0) is 24.2. The molecule has 1 heterocycles. The number of nitrogens with one attached hydrogen (secondary N) is 1. The molecule has 0 aromatic heterocycles. The molecule has 0 saturated heterocycles. The third-order valence-electron chi connectivity index (χ3n) is 7.67. The molecule has 2 N–H and O–H groups in total. The minimum atomic E-state index is -0.300. The SMILES string of the molecule is C[C@@H]1CN([C@@H](C)CO)C(=O)c2cc(NC(=O)C3CCCCC3)ccc2O[C@@H]1CN(C)CC1CC1. The van der Waals surface area contributed by atoms with Gasteiger partial charge in [0.05, 0.1) is 18.2 Å². The van der Waals surface area contributed by atoms with E-state index < -0.39 is 0 Å². The fourth-order valence-corrected chi connectivity index (χ4v) is 5.25. The normalized spacial score (nSPS) is 24.7. The topological polar surface area (TPSA) is 82.1 Å². The molecule has 3 aliphatic rings. The number of rotatable bonds is 8. The number of amides is 2. The fourth-order valence-electron chi connectivity index (χ4n) is 5.25. The molecule has 0 bridgehead atoms. The minimum Gasteiger partial charge on any atom is -0.488 e. The third-order valence-corrected chi connectivity index (χ3v) is 7.67. The van der Waals surface area contributed by atoms with Crippen LogP contribution in [0.15, 0.2) is 18.2 Å². The number of ether oxygens (including phenoxy) is 1. The molecule has 1 aromatic rings. The molecule has 0 spiro atoms. The van der Waals surface area contributed by atoms with Gasteiger partial charge in [0, 0.05) is 37.2 Å². The van der Waals surface area contributed by atoms with Crippen molar-refractivity contribution in [1.82, 2.24) is 9.80 Å². The highest BCUT2D eigenvalue weighted by Gasteiger charge is 2.34. The van der Waals surface area contributed by atoms with Crippen LogP contribution in [-0.4, -0.2) is 72.2 Å². The van der Waals surface area contributed by atoms with Gasteiger partial charge in [-0.05, 0) is 63.8 Å². The Morgan fingerprint density at radius 1 is 1.21 bits per heavy atom. The Balaban J connectivity index is 1.57. The number of benzene rings is 1. The van der Waals surface area contributed by atoms with Crippen LogP contribution in [0.25, 0.3) is 0 Å². The summed E-state index contributed by atoms with van der Waals surface area (Å²) in [6.45, 7) is 6.26. The predicted octanol–water partition coefficient (Wildman–Crippen LogP) is 3.77. The Morgan fingerprint density at radius 2 is 1.94 bits per heavy atom. The molecular weight excluding hydrogens is 430 g/mol. The second-order valence-corrected chi connectivity index (χ2v) is 10.8. The highest BCUT2D eigenvalue weighted by Crippen LogP contribution is 2.33. The smallest absolute Gasteiger partial charge is 0.258 e. The first kappa shape index (κ1) is 25.0. The number of nitrogens with zero attached hydrogens (tertiary/aromatic N) is 2. The van der Waals surface area contributed by atoms with Gasteiger partial charge in [-0.15, -0.1) is 0 Å². The van der Waals surface area contributed by atoms with Crippen molar-refractivity contribution in [2.45, 2.75) is 70.9 Å². The largest absolute Gasteiger partial charge is 0.488 e. The first-order valence-corrected chi connectivity index (χ1v) is 13.1. The maximum absolute atomic E-state index is 13.6. The number of anilines is 1. The van der Waals surface area contributed by atoms with E-state index in [1.165, 1.54) is 19.3 Å². The van der Waals surface area contributed by atoms with Crippen molar-refractivity contribution >= 4 is 17.5 Å². The molecule has 3 atom stereocenters. The number of hydrogen-bond donors (Lipinski definition) is 2. The number of fused-ring (bicyclic) bond motifs is 1. The van der Waals surface area contributed by atoms with Gasteiger partial charge in [0.2, 0.25) is 5.91 Å². The summed E-state index contributed by atoms with van der Waals surface area (Å²) in [6.07, 6.45) is 7.77. The van der Waals surface area contributed by atoms with Gasteiger partial charge in [-0.25, -0.2) is 0 Å². The number of carbonyl (C=O) groups is 2. The first-order chi connectivity index (χ1) is 16.4. The van der Waals surface area contributed by atoms with E-state index in [9.17, 15) is 14.7 Å². The summed E-state index contributed by atoms with van der Waals surface area (Å²) in [5, 5.41) is 12.9. The Kier molecular flexibility index (Phi) is 8.14. The third kappa shape index (κ3) is 6.11. The zero-order valence-electron chi connectivity index (χ0n) is 21.0. The van der Waals surface area contributed by atoms with Crippen LogP contribution >= 0.6 is 0 Å². The molecule has 2 saturated carbocycles. The van der Waals surface area contributed by atoms with E-state index in [-0.39, 0.29) is 42.4 Å². The van der Waals surface area contributed by atoms with Gasteiger partial charge < -0.3 is 25.0 Å². The van der Waals surface area contributed by atoms with Crippen molar-refractivity contribution < 1.29 is 19.4 Å². The number of carbonyl (C=O) groups excluding carboxylic acids is 2. The first-order valence-electron chi connectivity index (χ1n) is 13.1. The number of aliphatic hydroxyl groups is 1. The summed E-state index contributed by atoms with van der Waals surface area (Å²) in [5.41, 5.74) is 1.07. The highest BCUT2D eigenvalue weighted by molar-refractivity contribution is 6.00. The van der Waals surface area contributed by atoms with Crippen molar-refractivity contribution in [3.05, 3.63) is 23.8 Å². The summed E-state index contributed by atoms with van der Waals surface area (Å²) in [6, 6.07) is 5.10. The van der Waals surface area contributed by atoms with E-state index >= 15 is 0 Å². The monoisotopic (exact) mass is 471 g/mol. The molecule has 1 aliphatic heterocycles. The van der Waals surface area contributed by atoms with Crippen LogP contribution in [-0.2, 0) is 4.79 Å². The van der Waals surface area contributed by atoms with Gasteiger partial charge in [-0.1, -0.05) is 26.2 Å². The quantitative estimate of drug-likeness (QED) is 0.603. The maximum Gasteiger partial charge on any atom is 0.258 e. The van der Waals surface area contributed by atoms with Crippen LogP contribution < -0.4 is 10.1 Å². The summed E-state index contributed by atoms with van der Waals surface area (Å²) in [5.74, 6) is 1.37. The molecule has 7 heteroatoms. The molecule has 2 fully saturated rings. The van der Waals surface area contributed by atoms with Gasteiger partial charge in [0.1, 0.15) is 11.9 Å². The molecule has 1 aromatic carbocycles. The summed E-state index contributed by atoms with van der Waals surface area (Å²) >= 11 is 0. The Morgan fingerprint density at radius 3 is 2.62 bits per heavy atom. The van der Waals surface area contributed by atoms with Crippen molar-refractivity contribution in [2.75, 3.05) is 38.6 Å². The molecule has 4 rings (SSSR count). The van der Waals surface area contributed by atoms with E-state index in [1.807, 2.05) is 19.1 Å². The van der Waals surface area contributed by atoms with Crippen LogP contribution in [0.1, 0.15) is 69.2 Å². The van der Waals surface area contributed by atoms with Gasteiger partial charge in [-0.3, -0.25) is 9.59 Å². The minimum absolute atomic E-state index is 0.0349. The standard InChI is InChI=1S/C27H41N3O4/c1-18-14-30(19(2)17-31)27(33)23-13-22(28-26(32)21-7-5-4-6-8-21)11-12-24(23)34-25(18)16-29(3)15-20-9-10-20/h11-13,18-21,25,31H,4-10,14-17H2,1-3H3,(H,28,32)/t18-,19+,25-/m1/s1. The molecule has 0 radical (unpaired) electrons. The lowest BCUT2D eigenvalue weighted by Crippen LogP contribution is -2.50. The fraction of sp³-hybridized carbons (Fsp3) is 0.704. The van der Waals surface area contributed by atoms with Crippen molar-refractivity contribution in [3.63, 3.8) is 0 Å². The van der Waals surface area contributed by atoms with Crippen molar-refractivity contribution in [2.24, 2.45) is 17.8 Å². The lowest BCUT2D eigenvalue weighted by molar-refractivity contribution is -0.120. The van der Waals surface area contributed by atoms with Crippen LogP contribution in [0.5, 0.6) is 5.75 Å². The molecular formula is C27H41N3O4. The molecule has 188 valence electrons. The van der Waals surface area contributed by atoms with Gasteiger partial charge in [0.15, 0.2) is 0 Å². The van der Waals surface area contributed by atoms with E-state index in [2.05, 4.69) is 24.2 Å². The van der Waals surface area contributed by atoms with E-state index in [4.69, 9.17) is 4.74 Å². The molecule has 0 unspecified atom stereocenters. The van der Waals surface area contributed by atoms with Crippen LogP contribution in [0.4, 0.5) is 5.69 Å². The van der Waals surface area contributed by atoms with E-state index in [0.29, 0.717) is 23.5 Å². The lowest BCUT2D eigenvalue weighted by atomic mass is 9.88. The molecule has 7 nitrogen and oxygen atoms in total. The van der Waals surface area contributed by atoms with Gasteiger partial charge >= 0.3 is 0 Å². The zero-order valence-corrected chi connectivity index (χ0v) is 21.0. The molecule has 2 aliphatic carbocycles. The average Bonchev–Trinajstić information content (AvgIpc) is 3.65. The summed E-state index contributed by atoms with van der Waals surface area (Å²) in [7, 11) is 2.14. The Bertz CT molecular complexity index is 865. The van der Waals surface area contributed by atoms with Crippen LogP contribution in [0.3, 0.4) is 0 Å². The van der Waals surface area contributed by atoms with E-state index in [0.717, 1.165) is 44.7 Å². The van der Waals surface area contributed by atoms with Crippen molar-refractivity contribution in [1.29, 1.82) is 0 Å². The summed E-state index contributed by atoms with van der Waals surface area (Å²) in [4.78, 5) is 30.5. The van der Waals surface area contributed by atoms with Gasteiger partial charge in [-0.2, -0.15) is 0 Å². The predicted molar refractivity (Wildman–Crippen MR) is 133 cm³/mol. The van der Waals surface area contributed by atoms with E-state index in [1.54, 1.807) is 11.0 Å². The van der Waals surface area contributed by atoms with Crippen LogP contribution in [0.2, 0.25) is 0 Å².